The first kappa shape index (κ1) is 15.7. The highest BCUT2D eigenvalue weighted by atomic mass is 35.5. The Bertz CT molecular complexity index is 807. The molecule has 3 heterocycles. The van der Waals surface area contributed by atoms with Gasteiger partial charge in [0.1, 0.15) is 17.7 Å². The number of hydrogen-bond acceptors (Lipinski definition) is 7. The summed E-state index contributed by atoms with van der Waals surface area (Å²) in [7, 11) is 1.08. The Balaban J connectivity index is 1.98. The monoisotopic (exact) mass is 332 g/mol. The quantitative estimate of drug-likeness (QED) is 0.375. The number of aliphatic hydroxyl groups excluding tert-OH is 1. The number of terminal acetylenes is 1. The molecule has 1 saturated heterocycles. The average Bonchev–Trinajstić information content (AvgIpc) is 3.07. The molecule has 0 bridgehead atoms. The van der Waals surface area contributed by atoms with Gasteiger partial charge in [0.2, 0.25) is 5.28 Å². The molecular formula is C13H12BClN5O3. The Hall–Kier alpha value is -2.15. The third kappa shape index (κ3) is 2.55. The molecule has 23 heavy (non-hydrogen) atoms. The van der Waals surface area contributed by atoms with Gasteiger partial charge in [0, 0.05) is 12.6 Å². The van der Waals surface area contributed by atoms with Crippen LogP contribution in [-0.2, 0) is 4.74 Å². The van der Waals surface area contributed by atoms with Crippen LogP contribution in [0.3, 0.4) is 0 Å². The SMILES string of the molecule is C#CC1(C[B]N=O)O[C@@H](n2ccc3c(N)nc(Cl)nc32)C[C@@H]1O. The van der Waals surface area contributed by atoms with Gasteiger partial charge in [-0.1, -0.05) is 5.92 Å². The highest BCUT2D eigenvalue weighted by Crippen LogP contribution is 2.40. The molecule has 0 aromatic carbocycles. The van der Waals surface area contributed by atoms with E-state index in [1.807, 2.05) is 0 Å². The lowest BCUT2D eigenvalue weighted by atomic mass is 9.76. The van der Waals surface area contributed by atoms with Gasteiger partial charge in [-0.15, -0.1) is 11.5 Å². The van der Waals surface area contributed by atoms with Crippen LogP contribution in [0.25, 0.3) is 11.0 Å². The van der Waals surface area contributed by atoms with E-state index in [-0.39, 0.29) is 23.8 Å². The normalized spacial score (nSPS) is 27.0. The smallest absolute Gasteiger partial charge is 0.340 e. The van der Waals surface area contributed by atoms with E-state index in [1.54, 1.807) is 16.8 Å². The van der Waals surface area contributed by atoms with E-state index in [0.29, 0.717) is 11.0 Å². The minimum atomic E-state index is -1.31. The number of nitrogens with two attached hydrogens (primary N) is 1. The zero-order chi connectivity index (χ0) is 16.6. The van der Waals surface area contributed by atoms with Crippen molar-refractivity contribution in [3.8, 4) is 12.3 Å². The van der Waals surface area contributed by atoms with Crippen LogP contribution in [0.2, 0.25) is 11.6 Å². The molecule has 1 radical (unpaired) electrons. The number of aromatic nitrogens is 3. The summed E-state index contributed by atoms with van der Waals surface area (Å²) >= 11 is 5.85. The van der Waals surface area contributed by atoms with Crippen LogP contribution in [0.5, 0.6) is 0 Å². The van der Waals surface area contributed by atoms with Crippen LogP contribution in [0.1, 0.15) is 12.6 Å². The minimum absolute atomic E-state index is 0.00944. The first-order valence-corrected chi connectivity index (χ1v) is 7.16. The van der Waals surface area contributed by atoms with Crippen molar-refractivity contribution in [1.82, 2.24) is 14.5 Å². The molecule has 0 spiro atoms. The Kier molecular flexibility index (Phi) is 3.98. The summed E-state index contributed by atoms with van der Waals surface area (Å²) in [5, 5.41) is 13.6. The number of nitrogen functional groups attached to an aromatic ring is 1. The second-order valence-electron chi connectivity index (χ2n) is 5.19. The fraction of sp³-hybridized carbons (Fsp3) is 0.385. The highest BCUT2D eigenvalue weighted by Gasteiger charge is 2.47. The summed E-state index contributed by atoms with van der Waals surface area (Å²) in [6.45, 7) is 0. The van der Waals surface area contributed by atoms with E-state index in [0.717, 1.165) is 7.41 Å². The van der Waals surface area contributed by atoms with Crippen molar-refractivity contribution in [1.29, 1.82) is 0 Å². The molecule has 0 aliphatic carbocycles. The maximum Gasteiger partial charge on any atom is 0.340 e. The van der Waals surface area contributed by atoms with Crippen molar-refractivity contribution >= 4 is 35.9 Å². The molecule has 1 fully saturated rings. The van der Waals surface area contributed by atoms with Crippen LogP contribution in [0.15, 0.2) is 17.4 Å². The summed E-state index contributed by atoms with van der Waals surface area (Å²) in [6, 6.07) is 1.73. The van der Waals surface area contributed by atoms with Gasteiger partial charge in [-0.25, -0.2) is 4.98 Å². The number of halogens is 1. The van der Waals surface area contributed by atoms with E-state index in [2.05, 4.69) is 21.0 Å². The third-order valence-electron chi connectivity index (χ3n) is 3.91. The number of aliphatic hydroxyl groups is 1. The first-order chi connectivity index (χ1) is 11.0. The number of hydrogen-bond donors (Lipinski definition) is 2. The molecule has 0 amide bonds. The van der Waals surface area contributed by atoms with E-state index in [9.17, 15) is 10.0 Å². The van der Waals surface area contributed by atoms with Crippen LogP contribution >= 0.6 is 11.6 Å². The van der Waals surface area contributed by atoms with Gasteiger partial charge in [-0.3, -0.25) is 0 Å². The van der Waals surface area contributed by atoms with Crippen molar-refractivity contribution in [3.63, 3.8) is 0 Å². The maximum atomic E-state index is 10.3. The molecule has 3 N–H and O–H groups in total. The van der Waals surface area contributed by atoms with Gasteiger partial charge in [-0.05, 0) is 24.0 Å². The lowest BCUT2D eigenvalue weighted by Gasteiger charge is -2.25. The van der Waals surface area contributed by atoms with Gasteiger partial charge in [0.25, 0.3) is 0 Å². The van der Waals surface area contributed by atoms with E-state index in [1.165, 1.54) is 0 Å². The fourth-order valence-electron chi connectivity index (χ4n) is 2.73. The van der Waals surface area contributed by atoms with Crippen LogP contribution < -0.4 is 5.73 Å². The number of anilines is 1. The third-order valence-corrected chi connectivity index (χ3v) is 4.08. The Morgan fingerprint density at radius 2 is 2.48 bits per heavy atom. The zero-order valence-corrected chi connectivity index (χ0v) is 12.6. The molecule has 1 unspecified atom stereocenters. The molecule has 2 aromatic heterocycles. The van der Waals surface area contributed by atoms with Crippen molar-refractivity contribution in [2.24, 2.45) is 5.09 Å². The Labute approximate surface area is 137 Å². The number of fused-ring (bicyclic) bond motifs is 1. The average molecular weight is 333 g/mol. The Morgan fingerprint density at radius 3 is 3.17 bits per heavy atom. The van der Waals surface area contributed by atoms with Crippen molar-refractivity contribution in [3.05, 3.63) is 22.5 Å². The van der Waals surface area contributed by atoms with Crippen LogP contribution in [0, 0.1) is 17.3 Å². The summed E-state index contributed by atoms with van der Waals surface area (Å²) < 4.78 is 7.52. The molecule has 3 atom stereocenters. The largest absolute Gasteiger partial charge is 0.389 e. The van der Waals surface area contributed by atoms with Gasteiger partial charge in [-0.2, -0.15) is 9.89 Å². The number of rotatable bonds is 4. The standard InChI is InChI=1S/C13H12BClN5O3/c1-2-13(6-14-19-22)8(21)5-9(23-13)20-4-3-7-10(16)17-12(15)18-11(7)20/h1,3-4,8-9,21H,5-6H2,(H2,16,17,18)/t8-,9+,13?/m0/s1. The van der Waals surface area contributed by atoms with Crippen molar-refractivity contribution < 1.29 is 9.84 Å². The number of nitrogens with zero attached hydrogens (tertiary/aromatic N) is 4. The first-order valence-electron chi connectivity index (χ1n) is 6.78. The van der Waals surface area contributed by atoms with Gasteiger partial charge >= 0.3 is 7.41 Å². The van der Waals surface area contributed by atoms with Gasteiger partial charge < -0.3 is 20.1 Å². The Morgan fingerprint density at radius 1 is 1.70 bits per heavy atom. The fourth-order valence-corrected chi connectivity index (χ4v) is 2.90. The lowest BCUT2D eigenvalue weighted by Crippen LogP contribution is -2.38. The van der Waals surface area contributed by atoms with E-state index < -0.39 is 17.9 Å². The number of ether oxygens (including phenoxy) is 1. The predicted molar refractivity (Wildman–Crippen MR) is 85.6 cm³/mol. The summed E-state index contributed by atoms with van der Waals surface area (Å²) in [4.78, 5) is 18.4. The molecule has 3 rings (SSSR count). The molecule has 10 heteroatoms. The predicted octanol–water partition coefficient (Wildman–Crippen LogP) is 1.12. The molecule has 0 saturated carbocycles. The highest BCUT2D eigenvalue weighted by molar-refractivity contribution is 6.33. The number of nitroso groups, excluding NO2 is 1. The summed E-state index contributed by atoms with van der Waals surface area (Å²) in [5.74, 6) is 2.67. The van der Waals surface area contributed by atoms with Crippen molar-refractivity contribution in [2.45, 2.75) is 30.7 Å². The van der Waals surface area contributed by atoms with Crippen LogP contribution in [-0.4, -0.2) is 38.8 Å². The molecule has 2 aromatic rings. The zero-order valence-electron chi connectivity index (χ0n) is 11.9. The van der Waals surface area contributed by atoms with Crippen LogP contribution in [0.4, 0.5) is 5.82 Å². The summed E-state index contributed by atoms with van der Waals surface area (Å²) in [5.41, 5.74) is 4.99. The molecular weight excluding hydrogens is 320 g/mol. The molecule has 8 nitrogen and oxygen atoms in total. The van der Waals surface area contributed by atoms with Crippen molar-refractivity contribution in [2.75, 3.05) is 5.73 Å². The second kappa shape index (κ2) is 5.81. The van der Waals surface area contributed by atoms with E-state index >= 15 is 0 Å². The summed E-state index contributed by atoms with van der Waals surface area (Å²) in [6.07, 6.45) is 5.91. The van der Waals surface area contributed by atoms with Gasteiger partial charge in [0.15, 0.2) is 5.60 Å². The second-order valence-corrected chi connectivity index (χ2v) is 5.53. The molecule has 1 aliphatic rings. The molecule has 1 aliphatic heterocycles. The van der Waals surface area contributed by atoms with Gasteiger partial charge in [0.05, 0.1) is 11.5 Å². The molecule has 117 valence electrons. The lowest BCUT2D eigenvalue weighted by molar-refractivity contribution is -0.0510. The maximum absolute atomic E-state index is 10.3. The minimum Gasteiger partial charge on any atom is -0.389 e. The van der Waals surface area contributed by atoms with E-state index in [4.69, 9.17) is 28.5 Å². The topological polar surface area (TPSA) is 116 Å².